The van der Waals surface area contributed by atoms with Gasteiger partial charge in [0.2, 0.25) is 11.1 Å². The first-order chi connectivity index (χ1) is 16.6. The highest BCUT2D eigenvalue weighted by Gasteiger charge is 2.34. The number of fused-ring (bicyclic) bond motifs is 1. The van der Waals surface area contributed by atoms with Crippen LogP contribution >= 0.6 is 11.8 Å². The van der Waals surface area contributed by atoms with E-state index in [1.165, 1.54) is 17.8 Å². The first-order valence-electron chi connectivity index (χ1n) is 10.8. The molecular formula is C26H22FN5OS. The van der Waals surface area contributed by atoms with E-state index >= 15 is 0 Å². The molecule has 3 aromatic carbocycles. The van der Waals surface area contributed by atoms with Crippen LogP contribution in [0.25, 0.3) is 0 Å². The minimum absolute atomic E-state index is 0.216. The Hall–Kier alpha value is -3.91. The third-order valence-corrected chi connectivity index (χ3v) is 6.43. The van der Waals surface area contributed by atoms with Crippen molar-refractivity contribution in [2.45, 2.75) is 23.9 Å². The third-order valence-electron chi connectivity index (χ3n) is 5.54. The summed E-state index contributed by atoms with van der Waals surface area (Å²) in [6, 6.07) is 25.3. The lowest BCUT2D eigenvalue weighted by Gasteiger charge is -2.28. The quantitative estimate of drug-likeness (QED) is 0.356. The number of halogens is 1. The van der Waals surface area contributed by atoms with E-state index in [2.05, 4.69) is 15.6 Å². The van der Waals surface area contributed by atoms with Crippen LogP contribution in [0.5, 0.6) is 0 Å². The average molecular weight is 472 g/mol. The van der Waals surface area contributed by atoms with Crippen LogP contribution in [0.3, 0.4) is 0 Å². The van der Waals surface area contributed by atoms with Crippen LogP contribution in [-0.4, -0.2) is 20.7 Å². The second-order valence-electron chi connectivity index (χ2n) is 7.84. The Bertz CT molecular complexity index is 1350. The molecule has 0 radical (unpaired) electrons. The molecule has 0 fully saturated rings. The topological polar surface area (TPSA) is 71.8 Å². The summed E-state index contributed by atoms with van der Waals surface area (Å²) in [5.41, 5.74) is 3.47. The predicted octanol–water partition coefficient (Wildman–Crippen LogP) is 5.64. The van der Waals surface area contributed by atoms with Gasteiger partial charge in [-0.05, 0) is 36.2 Å². The van der Waals surface area contributed by atoms with E-state index in [1.54, 1.807) is 16.8 Å². The Morgan fingerprint density at radius 2 is 1.71 bits per heavy atom. The summed E-state index contributed by atoms with van der Waals surface area (Å²) in [4.78, 5) is 18.0. The molecule has 0 bridgehead atoms. The summed E-state index contributed by atoms with van der Waals surface area (Å²) in [7, 11) is 0. The smallest absolute Gasteiger partial charge is 0.255 e. The van der Waals surface area contributed by atoms with Gasteiger partial charge in [-0.25, -0.2) is 9.07 Å². The van der Waals surface area contributed by atoms with Gasteiger partial charge in [0.1, 0.15) is 11.9 Å². The molecule has 5 rings (SSSR count). The van der Waals surface area contributed by atoms with E-state index in [-0.39, 0.29) is 11.7 Å². The van der Waals surface area contributed by atoms with Crippen LogP contribution in [0, 0.1) is 5.82 Å². The van der Waals surface area contributed by atoms with Crippen LogP contribution in [0.4, 0.5) is 16.0 Å². The fraction of sp³-hybridized carbons (Fsp3) is 0.115. The predicted molar refractivity (Wildman–Crippen MR) is 132 cm³/mol. The number of rotatable bonds is 6. The number of benzene rings is 3. The maximum absolute atomic E-state index is 14.1. The highest BCUT2D eigenvalue weighted by atomic mass is 32.2. The second-order valence-corrected chi connectivity index (χ2v) is 8.78. The summed E-state index contributed by atoms with van der Waals surface area (Å²) in [5, 5.41) is 11.4. The van der Waals surface area contributed by atoms with Crippen molar-refractivity contribution in [1.82, 2.24) is 14.8 Å². The number of carbonyl (C=O) groups excluding carboxylic acids is 1. The maximum Gasteiger partial charge on any atom is 0.255 e. The van der Waals surface area contributed by atoms with Crippen molar-refractivity contribution in [3.05, 3.63) is 113 Å². The zero-order valence-electron chi connectivity index (χ0n) is 18.4. The van der Waals surface area contributed by atoms with Gasteiger partial charge in [-0.2, -0.15) is 4.98 Å². The number of carbonyl (C=O) groups is 1. The molecule has 34 heavy (non-hydrogen) atoms. The number of allylic oxidation sites excluding steroid dienone is 1. The number of thioether (sulfide) groups is 1. The minimum atomic E-state index is -0.462. The highest BCUT2D eigenvalue weighted by Crippen LogP contribution is 2.37. The molecule has 1 atom stereocenters. The van der Waals surface area contributed by atoms with Crippen molar-refractivity contribution in [2.75, 3.05) is 10.6 Å². The lowest BCUT2D eigenvalue weighted by molar-refractivity contribution is -0.113. The number of anilines is 2. The number of amides is 1. The number of aromatic nitrogens is 3. The molecule has 1 aliphatic rings. The number of hydrogen-bond acceptors (Lipinski definition) is 5. The van der Waals surface area contributed by atoms with Crippen LogP contribution in [0.15, 0.2) is 101 Å². The SMILES string of the molecule is CC1=C(C(=O)Nc2ccccc2)C(c2ccccc2)n2nc(SCc3ccccc3F)nc2N1. The van der Waals surface area contributed by atoms with Crippen molar-refractivity contribution in [3.63, 3.8) is 0 Å². The van der Waals surface area contributed by atoms with Gasteiger partial charge in [0, 0.05) is 17.1 Å². The monoisotopic (exact) mass is 471 g/mol. The Balaban J connectivity index is 1.48. The molecule has 0 spiro atoms. The maximum atomic E-state index is 14.1. The first-order valence-corrected chi connectivity index (χ1v) is 11.8. The van der Waals surface area contributed by atoms with Crippen molar-refractivity contribution in [3.8, 4) is 0 Å². The van der Waals surface area contributed by atoms with Gasteiger partial charge < -0.3 is 10.6 Å². The van der Waals surface area contributed by atoms with E-state index in [4.69, 9.17) is 5.10 Å². The summed E-state index contributed by atoms with van der Waals surface area (Å²) in [6.07, 6.45) is 0. The van der Waals surface area contributed by atoms with Crippen LogP contribution in [-0.2, 0) is 10.5 Å². The highest BCUT2D eigenvalue weighted by molar-refractivity contribution is 7.98. The lowest BCUT2D eigenvalue weighted by Crippen LogP contribution is -2.31. The van der Waals surface area contributed by atoms with Crippen LogP contribution < -0.4 is 10.6 Å². The second kappa shape index (κ2) is 9.52. The van der Waals surface area contributed by atoms with Crippen molar-refractivity contribution >= 4 is 29.3 Å². The van der Waals surface area contributed by atoms with Crippen molar-refractivity contribution in [1.29, 1.82) is 0 Å². The minimum Gasteiger partial charge on any atom is -0.328 e. The molecule has 0 saturated heterocycles. The Kier molecular flexibility index (Phi) is 6.14. The van der Waals surface area contributed by atoms with E-state index in [0.29, 0.717) is 39.4 Å². The van der Waals surface area contributed by atoms with Gasteiger partial charge in [0.25, 0.3) is 5.91 Å². The number of nitrogens with one attached hydrogen (secondary N) is 2. The zero-order valence-corrected chi connectivity index (χ0v) is 19.2. The molecule has 0 aliphatic carbocycles. The Morgan fingerprint density at radius 3 is 2.44 bits per heavy atom. The Morgan fingerprint density at radius 1 is 1.03 bits per heavy atom. The van der Waals surface area contributed by atoms with E-state index < -0.39 is 6.04 Å². The molecule has 6 nitrogen and oxygen atoms in total. The van der Waals surface area contributed by atoms with Crippen LogP contribution in [0.1, 0.15) is 24.1 Å². The van der Waals surface area contributed by atoms with E-state index in [9.17, 15) is 9.18 Å². The molecular weight excluding hydrogens is 449 g/mol. The van der Waals surface area contributed by atoms with Gasteiger partial charge in [-0.15, -0.1) is 5.10 Å². The lowest BCUT2D eigenvalue weighted by atomic mass is 9.95. The molecule has 4 aromatic rings. The molecule has 1 amide bonds. The van der Waals surface area contributed by atoms with Gasteiger partial charge >= 0.3 is 0 Å². The van der Waals surface area contributed by atoms with Crippen molar-refractivity contribution < 1.29 is 9.18 Å². The molecule has 8 heteroatoms. The normalized spacial score (nSPS) is 14.9. The average Bonchev–Trinajstić information content (AvgIpc) is 3.26. The fourth-order valence-electron chi connectivity index (χ4n) is 3.91. The number of hydrogen-bond donors (Lipinski definition) is 2. The summed E-state index contributed by atoms with van der Waals surface area (Å²) in [6.45, 7) is 1.86. The number of para-hydroxylation sites is 1. The van der Waals surface area contributed by atoms with E-state index in [1.807, 2.05) is 73.7 Å². The van der Waals surface area contributed by atoms with Crippen molar-refractivity contribution in [2.24, 2.45) is 0 Å². The molecule has 170 valence electrons. The van der Waals surface area contributed by atoms with E-state index in [0.717, 1.165) is 5.56 Å². The summed E-state index contributed by atoms with van der Waals surface area (Å²) in [5.74, 6) is 0.474. The fourth-order valence-corrected chi connectivity index (χ4v) is 4.72. The molecule has 2 heterocycles. The summed E-state index contributed by atoms with van der Waals surface area (Å²) < 4.78 is 15.8. The van der Waals surface area contributed by atoms with Gasteiger partial charge in [0.05, 0.1) is 5.57 Å². The van der Waals surface area contributed by atoms with Gasteiger partial charge in [-0.3, -0.25) is 4.79 Å². The first kappa shape index (κ1) is 21.9. The molecule has 0 saturated carbocycles. The zero-order chi connectivity index (χ0) is 23.5. The van der Waals surface area contributed by atoms with Gasteiger partial charge in [0.15, 0.2) is 0 Å². The molecule has 1 aliphatic heterocycles. The van der Waals surface area contributed by atoms with Gasteiger partial charge in [-0.1, -0.05) is 78.5 Å². The number of nitrogens with zero attached hydrogens (tertiary/aromatic N) is 3. The summed E-state index contributed by atoms with van der Waals surface area (Å²) >= 11 is 1.35. The molecule has 1 unspecified atom stereocenters. The van der Waals surface area contributed by atoms with Crippen LogP contribution in [0.2, 0.25) is 0 Å². The Labute approximate surface area is 200 Å². The third kappa shape index (κ3) is 4.45. The standard InChI is InChI=1S/C26H22FN5OS/c1-17-22(24(33)29-20-13-6-3-7-14-20)23(18-10-4-2-5-11-18)32-25(28-17)30-26(31-32)34-16-19-12-8-9-15-21(19)27/h2-15,23H,16H2,1H3,(H,29,33)(H,28,30,31). The molecule has 1 aromatic heterocycles. The largest absolute Gasteiger partial charge is 0.328 e. The molecule has 2 N–H and O–H groups in total.